The lowest BCUT2D eigenvalue weighted by atomic mass is 10.3. The number of halogens is 1. The largest absolute Gasteiger partial charge is 0.493 e. The van der Waals surface area contributed by atoms with Crippen molar-refractivity contribution in [2.75, 3.05) is 34.4 Å². The minimum atomic E-state index is -3.93. The quantitative estimate of drug-likeness (QED) is 0.806. The summed E-state index contributed by atoms with van der Waals surface area (Å²) in [4.78, 5) is -0.449. The first-order valence-electron chi connectivity index (χ1n) is 5.96. The fourth-order valence-electron chi connectivity index (χ4n) is 1.64. The molecule has 20 heavy (non-hydrogen) atoms. The van der Waals surface area contributed by atoms with E-state index < -0.39 is 20.7 Å². The summed E-state index contributed by atoms with van der Waals surface area (Å²) in [5.74, 6) is -0.601. The van der Waals surface area contributed by atoms with Gasteiger partial charge in [-0.3, -0.25) is 0 Å². The van der Waals surface area contributed by atoms with Crippen molar-refractivity contribution in [3.63, 3.8) is 0 Å². The molecule has 1 rings (SSSR count). The molecule has 0 bridgehead atoms. The maximum absolute atomic E-state index is 14.0. The fourth-order valence-corrected chi connectivity index (χ4v) is 2.90. The summed E-state index contributed by atoms with van der Waals surface area (Å²) >= 11 is 0. The van der Waals surface area contributed by atoms with E-state index in [1.54, 1.807) is 0 Å². The molecule has 8 heteroatoms. The molecule has 0 aliphatic rings. The van der Waals surface area contributed by atoms with Gasteiger partial charge >= 0.3 is 0 Å². The van der Waals surface area contributed by atoms with Crippen molar-refractivity contribution < 1.29 is 22.3 Å². The van der Waals surface area contributed by atoms with Gasteiger partial charge in [0.15, 0.2) is 11.5 Å². The molecule has 0 atom stereocenters. The molecule has 1 aromatic rings. The Morgan fingerprint density at radius 1 is 1.25 bits per heavy atom. The lowest BCUT2D eigenvalue weighted by Gasteiger charge is -2.18. The van der Waals surface area contributed by atoms with Crippen molar-refractivity contribution in [3.05, 3.63) is 17.9 Å². The van der Waals surface area contributed by atoms with Crippen molar-refractivity contribution in [1.29, 1.82) is 0 Å². The van der Waals surface area contributed by atoms with Crippen molar-refractivity contribution >= 4 is 10.0 Å². The second kappa shape index (κ2) is 6.87. The summed E-state index contributed by atoms with van der Waals surface area (Å²) in [7, 11) is 0.141. The third-order valence-electron chi connectivity index (χ3n) is 2.80. The molecule has 0 amide bonds. The number of nitrogens with two attached hydrogens (primary N) is 1. The highest BCUT2D eigenvalue weighted by Crippen LogP contribution is 2.32. The Morgan fingerprint density at radius 2 is 1.80 bits per heavy atom. The molecule has 0 unspecified atom stereocenters. The molecule has 0 aromatic heterocycles. The summed E-state index contributed by atoms with van der Waals surface area (Å²) in [5, 5.41) is 0. The number of nitrogens with zero attached hydrogens (tertiary/aromatic N) is 1. The molecule has 0 saturated carbocycles. The van der Waals surface area contributed by atoms with E-state index >= 15 is 0 Å². The third-order valence-corrected chi connectivity index (χ3v) is 4.68. The van der Waals surface area contributed by atoms with Crippen LogP contribution in [0.4, 0.5) is 4.39 Å². The molecular formula is C12H19FN2O4S. The van der Waals surface area contributed by atoms with Crippen LogP contribution in [0.15, 0.2) is 17.0 Å². The van der Waals surface area contributed by atoms with E-state index in [4.69, 9.17) is 15.2 Å². The first-order chi connectivity index (χ1) is 9.38. The Kier molecular flexibility index (Phi) is 5.73. The van der Waals surface area contributed by atoms with Crippen LogP contribution in [0.5, 0.6) is 11.5 Å². The van der Waals surface area contributed by atoms with Gasteiger partial charge in [0, 0.05) is 25.7 Å². The summed E-state index contributed by atoms with van der Waals surface area (Å²) in [5.41, 5.74) is 5.34. The van der Waals surface area contributed by atoms with E-state index in [0.717, 1.165) is 16.4 Å². The number of hydrogen-bond donors (Lipinski definition) is 1. The van der Waals surface area contributed by atoms with E-state index in [9.17, 15) is 12.8 Å². The van der Waals surface area contributed by atoms with E-state index in [-0.39, 0.29) is 18.0 Å². The Labute approximate surface area is 118 Å². The van der Waals surface area contributed by atoms with Gasteiger partial charge in [-0.1, -0.05) is 0 Å². The number of hydrogen-bond acceptors (Lipinski definition) is 5. The van der Waals surface area contributed by atoms with Gasteiger partial charge in [-0.05, 0) is 13.0 Å². The van der Waals surface area contributed by atoms with Crippen LogP contribution in [0.25, 0.3) is 0 Å². The van der Waals surface area contributed by atoms with Crippen molar-refractivity contribution in [2.24, 2.45) is 5.73 Å². The zero-order valence-corrected chi connectivity index (χ0v) is 12.5. The molecule has 0 heterocycles. The topological polar surface area (TPSA) is 81.9 Å². The molecule has 0 aliphatic carbocycles. The molecular weight excluding hydrogens is 287 g/mol. The highest BCUT2D eigenvalue weighted by Gasteiger charge is 2.26. The second-order valence-corrected chi connectivity index (χ2v) is 6.12. The van der Waals surface area contributed by atoms with Gasteiger partial charge in [-0.2, -0.15) is 0 Å². The van der Waals surface area contributed by atoms with Crippen LogP contribution >= 0.6 is 0 Å². The number of sulfonamides is 1. The van der Waals surface area contributed by atoms with Gasteiger partial charge in [0.2, 0.25) is 10.0 Å². The number of rotatable bonds is 7. The lowest BCUT2D eigenvalue weighted by Crippen LogP contribution is -2.29. The minimum absolute atomic E-state index is 0.133. The van der Waals surface area contributed by atoms with Crippen LogP contribution < -0.4 is 15.2 Å². The van der Waals surface area contributed by atoms with Gasteiger partial charge in [0.25, 0.3) is 0 Å². The van der Waals surface area contributed by atoms with Crippen LogP contribution in [-0.2, 0) is 10.0 Å². The molecule has 2 N–H and O–H groups in total. The predicted octanol–water partition coefficient (Wildman–Crippen LogP) is 0.812. The van der Waals surface area contributed by atoms with Crippen LogP contribution in [-0.4, -0.2) is 47.1 Å². The fraction of sp³-hybridized carbons (Fsp3) is 0.500. The maximum atomic E-state index is 14.0. The van der Waals surface area contributed by atoms with Crippen LogP contribution in [0.1, 0.15) is 6.42 Å². The van der Waals surface area contributed by atoms with Crippen molar-refractivity contribution in [2.45, 2.75) is 11.3 Å². The summed E-state index contributed by atoms with van der Waals surface area (Å²) in [6.07, 6.45) is 0.491. The second-order valence-electron chi connectivity index (χ2n) is 4.11. The molecule has 0 fully saturated rings. The van der Waals surface area contributed by atoms with Crippen LogP contribution in [0, 0.1) is 5.82 Å². The average Bonchev–Trinajstić information content (AvgIpc) is 2.43. The Morgan fingerprint density at radius 3 is 2.30 bits per heavy atom. The third kappa shape index (κ3) is 3.38. The summed E-state index contributed by atoms with van der Waals surface area (Å²) in [6.45, 7) is 0.570. The molecule has 0 saturated heterocycles. The number of methoxy groups -OCH3 is 2. The van der Waals surface area contributed by atoms with E-state index in [2.05, 4.69) is 0 Å². The first kappa shape index (κ1) is 16.7. The monoisotopic (exact) mass is 306 g/mol. The van der Waals surface area contributed by atoms with Gasteiger partial charge in [0.05, 0.1) is 14.2 Å². The molecule has 1 aromatic carbocycles. The Balaban J connectivity index is 3.24. The Bertz CT molecular complexity index is 563. The smallest absolute Gasteiger partial charge is 0.245 e. The normalized spacial score (nSPS) is 11.7. The van der Waals surface area contributed by atoms with Gasteiger partial charge in [0.1, 0.15) is 10.7 Å². The number of benzene rings is 1. The minimum Gasteiger partial charge on any atom is -0.493 e. The summed E-state index contributed by atoms with van der Waals surface area (Å²) < 4.78 is 49.5. The highest BCUT2D eigenvalue weighted by molar-refractivity contribution is 7.89. The molecule has 0 spiro atoms. The van der Waals surface area contributed by atoms with Gasteiger partial charge < -0.3 is 15.2 Å². The predicted molar refractivity (Wildman–Crippen MR) is 73.0 cm³/mol. The summed E-state index contributed by atoms with van der Waals surface area (Å²) in [6, 6.07) is 2.10. The van der Waals surface area contributed by atoms with E-state index in [0.29, 0.717) is 13.0 Å². The average molecular weight is 306 g/mol. The molecule has 6 nitrogen and oxygen atoms in total. The zero-order chi connectivity index (χ0) is 15.3. The first-order valence-corrected chi connectivity index (χ1v) is 7.40. The van der Waals surface area contributed by atoms with E-state index in [1.165, 1.54) is 21.3 Å². The van der Waals surface area contributed by atoms with E-state index in [1.807, 2.05) is 0 Å². The number of ether oxygens (including phenoxy) is 2. The standard InChI is InChI=1S/C12H19FN2O4S/c1-15(6-4-5-14)20(16,17)12-8-11(19-3)10(18-2)7-9(12)13/h7-8H,4-6,14H2,1-3H3. The van der Waals surface area contributed by atoms with Crippen LogP contribution in [0.3, 0.4) is 0 Å². The molecule has 0 radical (unpaired) electrons. The molecule has 114 valence electrons. The zero-order valence-electron chi connectivity index (χ0n) is 11.7. The van der Waals surface area contributed by atoms with Crippen molar-refractivity contribution in [1.82, 2.24) is 4.31 Å². The highest BCUT2D eigenvalue weighted by atomic mass is 32.2. The van der Waals surface area contributed by atoms with Gasteiger partial charge in [-0.25, -0.2) is 17.1 Å². The molecule has 0 aliphatic heterocycles. The lowest BCUT2D eigenvalue weighted by molar-refractivity contribution is 0.349. The van der Waals surface area contributed by atoms with Crippen LogP contribution in [0.2, 0.25) is 0 Å². The van der Waals surface area contributed by atoms with Crippen molar-refractivity contribution in [3.8, 4) is 11.5 Å². The SMILES string of the molecule is COc1cc(F)c(S(=O)(=O)N(C)CCCN)cc1OC. The maximum Gasteiger partial charge on any atom is 0.245 e. The van der Waals surface area contributed by atoms with Gasteiger partial charge in [-0.15, -0.1) is 0 Å². The Hall–Kier alpha value is -1.38.